The average Bonchev–Trinajstić information content (AvgIpc) is 2.26. The van der Waals surface area contributed by atoms with E-state index in [1.165, 1.54) is 0 Å². The van der Waals surface area contributed by atoms with Gasteiger partial charge in [0.2, 0.25) is 0 Å². The fraction of sp³-hybridized carbons (Fsp3) is 0.455. The summed E-state index contributed by atoms with van der Waals surface area (Å²) < 4.78 is 18.2. The molecule has 17 heavy (non-hydrogen) atoms. The molecule has 0 bridgehead atoms. The maximum atomic E-state index is 13.0. The van der Waals surface area contributed by atoms with Gasteiger partial charge in [-0.05, 0) is 19.9 Å². The number of nitrogens with zero attached hydrogens (tertiary/aromatic N) is 1. The van der Waals surface area contributed by atoms with Crippen LogP contribution in [0.2, 0.25) is 0 Å². The van der Waals surface area contributed by atoms with Crippen molar-refractivity contribution in [2.45, 2.75) is 19.4 Å². The first-order valence-corrected chi connectivity index (χ1v) is 5.09. The maximum Gasteiger partial charge on any atom is 0.292 e. The number of rotatable bonds is 5. The Morgan fingerprint density at radius 1 is 1.53 bits per heavy atom. The van der Waals surface area contributed by atoms with E-state index in [1.807, 2.05) is 13.8 Å². The molecule has 0 spiro atoms. The van der Waals surface area contributed by atoms with Crippen molar-refractivity contribution >= 4 is 11.4 Å². The van der Waals surface area contributed by atoms with E-state index in [-0.39, 0.29) is 11.4 Å². The zero-order valence-corrected chi connectivity index (χ0v) is 9.99. The third-order valence-corrected chi connectivity index (χ3v) is 2.41. The van der Waals surface area contributed by atoms with Gasteiger partial charge in [0.25, 0.3) is 5.69 Å². The predicted octanol–water partition coefficient (Wildman–Crippen LogP) is 2.57. The highest BCUT2D eigenvalue weighted by Crippen LogP contribution is 2.25. The second-order valence-corrected chi connectivity index (χ2v) is 4.24. The highest BCUT2D eigenvalue weighted by atomic mass is 19.1. The minimum atomic E-state index is -0.554. The number of anilines is 1. The van der Waals surface area contributed by atoms with E-state index in [4.69, 9.17) is 4.74 Å². The van der Waals surface area contributed by atoms with E-state index in [0.29, 0.717) is 6.54 Å². The molecule has 0 aliphatic rings. The summed E-state index contributed by atoms with van der Waals surface area (Å²) in [7, 11) is 1.54. The minimum absolute atomic E-state index is 0.153. The largest absolute Gasteiger partial charge is 0.377 e. The van der Waals surface area contributed by atoms with Crippen molar-refractivity contribution in [3.05, 3.63) is 34.1 Å². The number of nitro groups is 1. The second-order valence-electron chi connectivity index (χ2n) is 4.24. The van der Waals surface area contributed by atoms with E-state index < -0.39 is 16.3 Å². The van der Waals surface area contributed by atoms with Crippen LogP contribution in [0.25, 0.3) is 0 Å². The molecule has 0 unspecified atom stereocenters. The molecule has 1 rings (SSSR count). The zero-order valence-electron chi connectivity index (χ0n) is 9.99. The van der Waals surface area contributed by atoms with Crippen molar-refractivity contribution in [1.82, 2.24) is 0 Å². The van der Waals surface area contributed by atoms with Crippen molar-refractivity contribution in [3.63, 3.8) is 0 Å². The quantitative estimate of drug-likeness (QED) is 0.636. The molecule has 0 aliphatic carbocycles. The summed E-state index contributed by atoms with van der Waals surface area (Å²) in [4.78, 5) is 10.2. The van der Waals surface area contributed by atoms with Crippen LogP contribution < -0.4 is 5.32 Å². The van der Waals surface area contributed by atoms with Crippen LogP contribution in [0.1, 0.15) is 13.8 Å². The average molecular weight is 242 g/mol. The summed E-state index contributed by atoms with van der Waals surface area (Å²) in [6, 6.07) is 3.30. The predicted molar refractivity (Wildman–Crippen MR) is 62.6 cm³/mol. The number of hydrogen-bond acceptors (Lipinski definition) is 4. The Morgan fingerprint density at radius 2 is 2.18 bits per heavy atom. The van der Waals surface area contributed by atoms with E-state index >= 15 is 0 Å². The summed E-state index contributed by atoms with van der Waals surface area (Å²) in [6.45, 7) is 3.99. The molecule has 0 radical (unpaired) electrons. The number of methoxy groups -OCH3 is 1. The number of nitro benzene ring substituents is 1. The number of nitrogens with one attached hydrogen (secondary N) is 1. The minimum Gasteiger partial charge on any atom is -0.377 e. The van der Waals surface area contributed by atoms with Crippen LogP contribution in [0.5, 0.6) is 0 Å². The Hall–Kier alpha value is -1.69. The van der Waals surface area contributed by atoms with Gasteiger partial charge in [0.05, 0.1) is 10.5 Å². The third kappa shape index (κ3) is 3.67. The highest BCUT2D eigenvalue weighted by Gasteiger charge is 2.19. The van der Waals surface area contributed by atoms with E-state index in [1.54, 1.807) is 7.11 Å². The van der Waals surface area contributed by atoms with Crippen molar-refractivity contribution in [1.29, 1.82) is 0 Å². The number of halogens is 1. The topological polar surface area (TPSA) is 64.4 Å². The Kier molecular flexibility index (Phi) is 4.01. The first-order valence-electron chi connectivity index (χ1n) is 5.09. The van der Waals surface area contributed by atoms with Crippen LogP contribution in [0.15, 0.2) is 18.2 Å². The summed E-state index contributed by atoms with van der Waals surface area (Å²) in [5.41, 5.74) is -0.487. The summed E-state index contributed by atoms with van der Waals surface area (Å²) >= 11 is 0. The first-order chi connectivity index (χ1) is 7.85. The molecular formula is C11H15FN2O3. The lowest BCUT2D eigenvalue weighted by atomic mass is 10.1. The molecule has 0 fully saturated rings. The second kappa shape index (κ2) is 5.09. The molecule has 0 aliphatic heterocycles. The molecule has 94 valence electrons. The van der Waals surface area contributed by atoms with Crippen LogP contribution in [-0.4, -0.2) is 24.2 Å². The van der Waals surface area contributed by atoms with Crippen molar-refractivity contribution < 1.29 is 14.1 Å². The van der Waals surface area contributed by atoms with E-state index in [2.05, 4.69) is 5.32 Å². The lowest BCUT2D eigenvalue weighted by Gasteiger charge is -2.23. The van der Waals surface area contributed by atoms with Gasteiger partial charge < -0.3 is 10.1 Å². The molecule has 0 aromatic heterocycles. The van der Waals surface area contributed by atoms with Gasteiger partial charge in [0.15, 0.2) is 0 Å². The standard InChI is InChI=1S/C11H15FN2O3/c1-11(2,17-3)7-13-9-6-8(12)4-5-10(9)14(15)16/h4-6,13H,7H2,1-3H3. The maximum absolute atomic E-state index is 13.0. The highest BCUT2D eigenvalue weighted by molar-refractivity contribution is 5.61. The van der Waals surface area contributed by atoms with Crippen LogP contribution in [0.4, 0.5) is 15.8 Å². The van der Waals surface area contributed by atoms with Crippen LogP contribution >= 0.6 is 0 Å². The van der Waals surface area contributed by atoms with Crippen molar-refractivity contribution in [3.8, 4) is 0 Å². The van der Waals surface area contributed by atoms with Crippen LogP contribution in [-0.2, 0) is 4.74 Å². The lowest BCUT2D eigenvalue weighted by Crippen LogP contribution is -2.32. The third-order valence-electron chi connectivity index (χ3n) is 2.41. The summed E-state index contributed by atoms with van der Waals surface area (Å²) in [5, 5.41) is 13.6. The van der Waals surface area contributed by atoms with Gasteiger partial charge in [-0.2, -0.15) is 0 Å². The first kappa shape index (κ1) is 13.4. The Bertz CT molecular complexity index is 421. The molecule has 1 N–H and O–H groups in total. The normalized spacial score (nSPS) is 11.3. The van der Waals surface area contributed by atoms with Gasteiger partial charge in [-0.3, -0.25) is 10.1 Å². The molecule has 5 nitrogen and oxygen atoms in total. The number of benzene rings is 1. The fourth-order valence-electron chi connectivity index (χ4n) is 1.19. The van der Waals surface area contributed by atoms with Crippen molar-refractivity contribution in [2.75, 3.05) is 19.0 Å². The molecule has 0 atom stereocenters. The van der Waals surface area contributed by atoms with Crippen LogP contribution in [0, 0.1) is 15.9 Å². The van der Waals surface area contributed by atoms with Crippen LogP contribution in [0.3, 0.4) is 0 Å². The Labute approximate surface area is 98.7 Å². The van der Waals surface area contributed by atoms with Gasteiger partial charge in [-0.15, -0.1) is 0 Å². The monoisotopic (exact) mass is 242 g/mol. The number of ether oxygens (including phenoxy) is 1. The zero-order chi connectivity index (χ0) is 13.1. The smallest absolute Gasteiger partial charge is 0.292 e. The van der Waals surface area contributed by atoms with Gasteiger partial charge in [0, 0.05) is 25.8 Å². The molecule has 0 heterocycles. The molecule has 0 saturated heterocycles. The van der Waals surface area contributed by atoms with Gasteiger partial charge in [-0.1, -0.05) is 0 Å². The molecule has 0 amide bonds. The van der Waals surface area contributed by atoms with E-state index in [0.717, 1.165) is 18.2 Å². The van der Waals surface area contributed by atoms with E-state index in [9.17, 15) is 14.5 Å². The van der Waals surface area contributed by atoms with Crippen molar-refractivity contribution in [2.24, 2.45) is 0 Å². The lowest BCUT2D eigenvalue weighted by molar-refractivity contribution is -0.384. The van der Waals surface area contributed by atoms with Gasteiger partial charge in [-0.25, -0.2) is 4.39 Å². The summed E-state index contributed by atoms with van der Waals surface area (Å²) in [5.74, 6) is -0.520. The molecule has 6 heteroatoms. The molecule has 1 aromatic carbocycles. The van der Waals surface area contributed by atoms with Gasteiger partial charge in [0.1, 0.15) is 11.5 Å². The molecule has 1 aromatic rings. The Morgan fingerprint density at radius 3 is 2.71 bits per heavy atom. The number of hydrogen-bond donors (Lipinski definition) is 1. The van der Waals surface area contributed by atoms with Gasteiger partial charge >= 0.3 is 0 Å². The summed E-state index contributed by atoms with van der Waals surface area (Å²) in [6.07, 6.45) is 0. The molecule has 0 saturated carbocycles. The SMILES string of the molecule is COC(C)(C)CNc1cc(F)ccc1[N+](=O)[O-]. The molecular weight excluding hydrogens is 227 g/mol. The fourth-order valence-corrected chi connectivity index (χ4v) is 1.19. The Balaban J connectivity index is 2.89.